The van der Waals surface area contributed by atoms with E-state index in [1.54, 1.807) is 0 Å². The lowest BCUT2D eigenvalue weighted by atomic mass is 10.0. The van der Waals surface area contributed by atoms with Crippen molar-refractivity contribution in [3.05, 3.63) is 23.8 Å². The molecule has 38 heavy (non-hydrogen) atoms. The number of esters is 1. The van der Waals surface area contributed by atoms with Crippen LogP contribution in [0.5, 0.6) is 0 Å². The summed E-state index contributed by atoms with van der Waals surface area (Å²) in [5.41, 5.74) is 0.896. The van der Waals surface area contributed by atoms with Crippen LogP contribution in [0.15, 0.2) is 23.8 Å². The monoisotopic (exact) mass is 530 g/mol. The van der Waals surface area contributed by atoms with E-state index in [-0.39, 0.29) is 12.1 Å². The van der Waals surface area contributed by atoms with Gasteiger partial charge in [0.25, 0.3) is 0 Å². The van der Waals surface area contributed by atoms with Gasteiger partial charge in [0.1, 0.15) is 6.10 Å². The molecule has 3 unspecified atom stereocenters. The molecule has 0 aromatic rings. The van der Waals surface area contributed by atoms with Crippen LogP contribution >= 0.6 is 0 Å². The standard InChI is InChI=1S/C35H62O3/c1-3-4-5-6-7-8-16-19-22-25-28-33-34(38-33)29-26-23-20-17-14-12-10-9-11-13-15-18-21-24-27-32-30-31(2)37-35(32)36/h20,23,30-31,33-34H,3-19,21-22,24-29H2,1-2H3. The molecule has 2 rings (SSSR count). The van der Waals surface area contributed by atoms with E-state index >= 15 is 0 Å². The van der Waals surface area contributed by atoms with E-state index in [1.165, 1.54) is 148 Å². The summed E-state index contributed by atoms with van der Waals surface area (Å²) in [4.78, 5) is 11.6. The number of rotatable bonds is 27. The Morgan fingerprint density at radius 3 is 1.71 bits per heavy atom. The topological polar surface area (TPSA) is 38.8 Å². The molecular formula is C35H62O3. The quantitative estimate of drug-likeness (QED) is 0.0459. The Labute approximate surface area is 236 Å². The molecule has 0 aliphatic carbocycles. The Morgan fingerprint density at radius 1 is 0.632 bits per heavy atom. The minimum Gasteiger partial charge on any atom is -0.455 e. The van der Waals surface area contributed by atoms with Crippen molar-refractivity contribution in [1.29, 1.82) is 0 Å². The van der Waals surface area contributed by atoms with Crippen LogP contribution in [0.25, 0.3) is 0 Å². The number of unbranched alkanes of at least 4 members (excludes halogenated alkanes) is 19. The molecule has 2 aliphatic heterocycles. The van der Waals surface area contributed by atoms with Gasteiger partial charge in [-0.1, -0.05) is 135 Å². The van der Waals surface area contributed by atoms with Crippen LogP contribution in [0.4, 0.5) is 0 Å². The molecule has 0 amide bonds. The molecule has 2 heterocycles. The lowest BCUT2D eigenvalue weighted by molar-refractivity contribution is -0.139. The molecule has 2 aliphatic rings. The van der Waals surface area contributed by atoms with Crippen LogP contribution in [0.1, 0.15) is 174 Å². The summed E-state index contributed by atoms with van der Waals surface area (Å²) in [6.45, 7) is 4.22. The minimum absolute atomic E-state index is 0.0205. The van der Waals surface area contributed by atoms with E-state index in [0.29, 0.717) is 12.2 Å². The van der Waals surface area contributed by atoms with Crippen LogP contribution in [0.2, 0.25) is 0 Å². The molecule has 0 spiro atoms. The van der Waals surface area contributed by atoms with Crippen molar-refractivity contribution in [2.75, 3.05) is 0 Å². The third-order valence-corrected chi connectivity index (χ3v) is 8.37. The number of epoxide rings is 1. The highest BCUT2D eigenvalue weighted by Gasteiger charge is 2.36. The van der Waals surface area contributed by atoms with Crippen LogP contribution in [-0.4, -0.2) is 24.3 Å². The zero-order chi connectivity index (χ0) is 27.1. The highest BCUT2D eigenvalue weighted by Crippen LogP contribution is 2.31. The first-order valence-electron chi connectivity index (χ1n) is 16.9. The van der Waals surface area contributed by atoms with Gasteiger partial charge in [-0.25, -0.2) is 4.79 Å². The number of carbonyl (C=O) groups excluding carboxylic acids is 1. The maximum absolute atomic E-state index is 11.6. The fraction of sp³-hybridized carbons (Fsp3) is 0.857. The van der Waals surface area contributed by atoms with Crippen molar-refractivity contribution in [2.24, 2.45) is 0 Å². The van der Waals surface area contributed by atoms with Gasteiger partial charge >= 0.3 is 5.97 Å². The van der Waals surface area contributed by atoms with E-state index < -0.39 is 0 Å². The smallest absolute Gasteiger partial charge is 0.334 e. The number of carbonyl (C=O) groups is 1. The normalized spacial score (nSPS) is 20.8. The number of cyclic esters (lactones) is 1. The number of hydrogen-bond donors (Lipinski definition) is 0. The summed E-state index contributed by atoms with van der Waals surface area (Å²) in [5.74, 6) is -0.0935. The van der Waals surface area contributed by atoms with Gasteiger partial charge in [0.15, 0.2) is 0 Å². The first-order chi connectivity index (χ1) is 18.7. The van der Waals surface area contributed by atoms with E-state index in [1.807, 2.05) is 13.0 Å². The zero-order valence-electron chi connectivity index (χ0n) is 25.4. The molecule has 0 N–H and O–H groups in total. The summed E-state index contributed by atoms with van der Waals surface area (Å²) in [6.07, 6.45) is 41.2. The Kier molecular flexibility index (Phi) is 19.8. The first kappa shape index (κ1) is 33.1. The summed E-state index contributed by atoms with van der Waals surface area (Å²) in [6, 6.07) is 0. The second-order valence-corrected chi connectivity index (χ2v) is 12.1. The Bertz CT molecular complexity index is 637. The first-order valence-corrected chi connectivity index (χ1v) is 16.9. The third-order valence-electron chi connectivity index (χ3n) is 8.37. The molecule has 0 aromatic heterocycles. The van der Waals surface area contributed by atoms with Crippen LogP contribution < -0.4 is 0 Å². The molecule has 1 saturated heterocycles. The van der Waals surface area contributed by atoms with Crippen molar-refractivity contribution in [3.63, 3.8) is 0 Å². The lowest BCUT2D eigenvalue weighted by Crippen LogP contribution is -2.03. The predicted octanol–water partition coefficient (Wildman–Crippen LogP) is 11.0. The van der Waals surface area contributed by atoms with E-state index in [0.717, 1.165) is 18.4 Å². The van der Waals surface area contributed by atoms with Gasteiger partial charge in [0.05, 0.1) is 12.2 Å². The molecule has 3 heteroatoms. The van der Waals surface area contributed by atoms with Crippen molar-refractivity contribution in [1.82, 2.24) is 0 Å². The molecule has 0 radical (unpaired) electrons. The fourth-order valence-electron chi connectivity index (χ4n) is 5.82. The van der Waals surface area contributed by atoms with Gasteiger partial charge in [-0.05, 0) is 57.9 Å². The maximum atomic E-state index is 11.6. The molecule has 220 valence electrons. The lowest BCUT2D eigenvalue weighted by Gasteiger charge is -2.03. The molecule has 0 aromatic carbocycles. The molecule has 3 atom stereocenters. The highest BCUT2D eigenvalue weighted by molar-refractivity contribution is 5.90. The number of ether oxygens (including phenoxy) is 2. The maximum Gasteiger partial charge on any atom is 0.334 e. The van der Waals surface area contributed by atoms with Crippen LogP contribution in [-0.2, 0) is 14.3 Å². The minimum atomic E-state index is -0.0935. The van der Waals surface area contributed by atoms with Gasteiger partial charge in [-0.2, -0.15) is 0 Å². The van der Waals surface area contributed by atoms with Gasteiger partial charge in [-0.3, -0.25) is 0 Å². The van der Waals surface area contributed by atoms with Crippen molar-refractivity contribution >= 4 is 5.97 Å². The van der Waals surface area contributed by atoms with Crippen molar-refractivity contribution < 1.29 is 14.3 Å². The second-order valence-electron chi connectivity index (χ2n) is 12.1. The van der Waals surface area contributed by atoms with Crippen molar-refractivity contribution in [2.45, 2.75) is 193 Å². The summed E-state index contributed by atoms with van der Waals surface area (Å²) in [5, 5.41) is 0. The average molecular weight is 531 g/mol. The van der Waals surface area contributed by atoms with Gasteiger partial charge in [0.2, 0.25) is 0 Å². The van der Waals surface area contributed by atoms with Crippen molar-refractivity contribution in [3.8, 4) is 0 Å². The Balaban J connectivity index is 1.23. The second kappa shape index (κ2) is 22.7. The third kappa shape index (κ3) is 17.5. The largest absolute Gasteiger partial charge is 0.455 e. The molecule has 1 fully saturated rings. The highest BCUT2D eigenvalue weighted by atomic mass is 16.6. The summed E-state index contributed by atoms with van der Waals surface area (Å²) in [7, 11) is 0. The molecule has 3 nitrogen and oxygen atoms in total. The van der Waals surface area contributed by atoms with Gasteiger partial charge in [0, 0.05) is 5.57 Å². The molecule has 0 saturated carbocycles. The number of hydrogen-bond acceptors (Lipinski definition) is 3. The van der Waals surface area contributed by atoms with E-state index in [4.69, 9.17) is 9.47 Å². The SMILES string of the molecule is CCCCCCCCCCCCC1OC1CCC=CCCCCCCCCCCCCC1=CC(C)OC1=O. The predicted molar refractivity (Wildman–Crippen MR) is 163 cm³/mol. The Hall–Kier alpha value is -1.09. The van der Waals surface area contributed by atoms with Gasteiger partial charge < -0.3 is 9.47 Å². The summed E-state index contributed by atoms with van der Waals surface area (Å²) >= 11 is 0. The zero-order valence-corrected chi connectivity index (χ0v) is 25.4. The Morgan fingerprint density at radius 2 is 1.13 bits per heavy atom. The van der Waals surface area contributed by atoms with Crippen LogP contribution in [0, 0.1) is 0 Å². The number of allylic oxidation sites excluding steroid dienone is 2. The van der Waals surface area contributed by atoms with Gasteiger partial charge in [-0.15, -0.1) is 0 Å². The fourth-order valence-corrected chi connectivity index (χ4v) is 5.82. The summed E-state index contributed by atoms with van der Waals surface area (Å²) < 4.78 is 11.0. The van der Waals surface area contributed by atoms with E-state index in [2.05, 4.69) is 19.1 Å². The van der Waals surface area contributed by atoms with E-state index in [9.17, 15) is 4.79 Å². The van der Waals surface area contributed by atoms with Crippen LogP contribution in [0.3, 0.4) is 0 Å². The molecule has 0 bridgehead atoms. The molecular weight excluding hydrogens is 468 g/mol. The average Bonchev–Trinajstić information content (AvgIpc) is 3.58.